The molecule has 104 valence electrons. The number of nitrogens with one attached hydrogen (secondary N) is 1. The van der Waals surface area contributed by atoms with Gasteiger partial charge < -0.3 is 9.67 Å². The molecule has 0 spiro atoms. The molecule has 0 saturated heterocycles. The van der Waals surface area contributed by atoms with Crippen LogP contribution in [0, 0.1) is 11.8 Å². The molecule has 1 heterocycles. The molecule has 6 nitrogen and oxygen atoms in total. The maximum atomic E-state index is 12.0. The maximum Gasteiger partial charge on any atom is 0.307 e. The normalized spacial score (nSPS) is 20.9. The second-order valence-corrected chi connectivity index (χ2v) is 4.94. The number of nitrogens with zero attached hydrogens (tertiary/aromatic N) is 2. The highest BCUT2D eigenvalue weighted by Crippen LogP contribution is 2.39. The number of benzene rings is 1. The van der Waals surface area contributed by atoms with Crippen LogP contribution in [0.5, 0.6) is 0 Å². The lowest BCUT2D eigenvalue weighted by atomic mass is 10.3. The summed E-state index contributed by atoms with van der Waals surface area (Å²) in [6.07, 6.45) is 0.410. The van der Waals surface area contributed by atoms with E-state index in [9.17, 15) is 9.59 Å². The molecule has 1 aliphatic carbocycles. The number of para-hydroxylation sites is 2. The van der Waals surface area contributed by atoms with Crippen molar-refractivity contribution in [3.63, 3.8) is 0 Å². The number of anilines is 1. The molecule has 20 heavy (non-hydrogen) atoms. The average molecular weight is 273 g/mol. The summed E-state index contributed by atoms with van der Waals surface area (Å²) in [5.74, 6) is -1.67. The van der Waals surface area contributed by atoms with E-state index in [4.69, 9.17) is 5.11 Å². The Balaban J connectivity index is 1.84. The number of carboxylic acid groups (broad SMARTS) is 1. The van der Waals surface area contributed by atoms with Gasteiger partial charge in [-0.05, 0) is 25.5 Å². The van der Waals surface area contributed by atoms with Crippen LogP contribution in [-0.2, 0) is 16.1 Å². The molecule has 1 amide bonds. The van der Waals surface area contributed by atoms with Gasteiger partial charge in [0.1, 0.15) is 0 Å². The minimum absolute atomic E-state index is 0.262. The molecule has 2 N–H and O–H groups in total. The van der Waals surface area contributed by atoms with E-state index in [2.05, 4.69) is 10.3 Å². The summed E-state index contributed by atoms with van der Waals surface area (Å²) in [5.41, 5.74) is 1.77. The third-order valence-electron chi connectivity index (χ3n) is 3.65. The largest absolute Gasteiger partial charge is 0.481 e. The second-order valence-electron chi connectivity index (χ2n) is 4.94. The van der Waals surface area contributed by atoms with Gasteiger partial charge in [-0.25, -0.2) is 4.98 Å². The van der Waals surface area contributed by atoms with Crippen LogP contribution in [0.15, 0.2) is 24.3 Å². The highest BCUT2D eigenvalue weighted by atomic mass is 16.4. The maximum absolute atomic E-state index is 12.0. The van der Waals surface area contributed by atoms with Crippen LogP contribution < -0.4 is 5.32 Å². The Bertz CT molecular complexity index is 692. The molecule has 1 fully saturated rings. The number of aryl methyl sites for hydroxylation is 1. The molecular weight excluding hydrogens is 258 g/mol. The van der Waals surface area contributed by atoms with Crippen molar-refractivity contribution >= 4 is 28.9 Å². The number of aromatic nitrogens is 2. The molecule has 3 rings (SSSR count). The van der Waals surface area contributed by atoms with E-state index in [1.165, 1.54) is 0 Å². The van der Waals surface area contributed by atoms with E-state index in [1.54, 1.807) is 0 Å². The van der Waals surface area contributed by atoms with E-state index < -0.39 is 17.8 Å². The van der Waals surface area contributed by atoms with Crippen molar-refractivity contribution in [2.24, 2.45) is 11.8 Å². The van der Waals surface area contributed by atoms with E-state index in [0.717, 1.165) is 11.0 Å². The van der Waals surface area contributed by atoms with Gasteiger partial charge in [0.25, 0.3) is 0 Å². The molecule has 0 bridgehead atoms. The molecule has 1 aliphatic rings. The van der Waals surface area contributed by atoms with E-state index in [-0.39, 0.29) is 5.91 Å². The molecule has 1 aromatic heterocycles. The smallest absolute Gasteiger partial charge is 0.307 e. The summed E-state index contributed by atoms with van der Waals surface area (Å²) in [5, 5.41) is 11.6. The second kappa shape index (κ2) is 4.63. The van der Waals surface area contributed by atoms with Gasteiger partial charge in [0.05, 0.1) is 22.9 Å². The highest BCUT2D eigenvalue weighted by molar-refractivity contribution is 5.98. The predicted molar refractivity (Wildman–Crippen MR) is 73.3 cm³/mol. The summed E-state index contributed by atoms with van der Waals surface area (Å²) >= 11 is 0. The number of amides is 1. The number of rotatable bonds is 4. The molecule has 1 aromatic carbocycles. The quantitative estimate of drug-likeness (QED) is 0.888. The van der Waals surface area contributed by atoms with Gasteiger partial charge in [0.2, 0.25) is 11.9 Å². The number of carbonyl (C=O) groups excluding carboxylic acids is 1. The Morgan fingerprint density at radius 1 is 1.40 bits per heavy atom. The third-order valence-corrected chi connectivity index (χ3v) is 3.65. The Labute approximate surface area is 115 Å². The molecule has 1 saturated carbocycles. The highest BCUT2D eigenvalue weighted by Gasteiger charge is 2.48. The van der Waals surface area contributed by atoms with Crippen LogP contribution in [0.25, 0.3) is 11.0 Å². The molecule has 0 radical (unpaired) electrons. The zero-order chi connectivity index (χ0) is 14.3. The lowest BCUT2D eigenvalue weighted by molar-refractivity contribution is -0.139. The topological polar surface area (TPSA) is 84.2 Å². The number of carboxylic acids is 1. The lowest BCUT2D eigenvalue weighted by Gasteiger charge is -2.07. The van der Waals surface area contributed by atoms with Crippen molar-refractivity contribution in [1.82, 2.24) is 9.55 Å². The first kappa shape index (κ1) is 12.7. The minimum Gasteiger partial charge on any atom is -0.481 e. The predicted octanol–water partition coefficient (Wildman–Crippen LogP) is 1.72. The summed E-state index contributed by atoms with van der Waals surface area (Å²) in [7, 11) is 0. The molecule has 2 atom stereocenters. The third kappa shape index (κ3) is 2.03. The van der Waals surface area contributed by atoms with E-state index in [0.29, 0.717) is 18.9 Å². The first-order valence-electron chi connectivity index (χ1n) is 6.60. The van der Waals surface area contributed by atoms with E-state index >= 15 is 0 Å². The number of fused-ring (bicyclic) bond motifs is 1. The fraction of sp³-hybridized carbons (Fsp3) is 0.357. The van der Waals surface area contributed by atoms with Crippen molar-refractivity contribution in [1.29, 1.82) is 0 Å². The van der Waals surface area contributed by atoms with Crippen molar-refractivity contribution in [3.8, 4) is 0 Å². The van der Waals surface area contributed by atoms with Gasteiger partial charge in [-0.15, -0.1) is 0 Å². The number of imidazole rings is 1. The fourth-order valence-electron chi connectivity index (χ4n) is 2.45. The number of aliphatic carboxylic acids is 1. The zero-order valence-electron chi connectivity index (χ0n) is 11.0. The molecule has 0 aliphatic heterocycles. The van der Waals surface area contributed by atoms with Gasteiger partial charge in [-0.1, -0.05) is 12.1 Å². The summed E-state index contributed by atoms with van der Waals surface area (Å²) in [6.45, 7) is 2.66. The molecular formula is C14H15N3O3. The molecule has 6 heteroatoms. The fourth-order valence-corrected chi connectivity index (χ4v) is 2.45. The van der Waals surface area contributed by atoms with Crippen LogP contribution in [0.2, 0.25) is 0 Å². The van der Waals surface area contributed by atoms with Crippen molar-refractivity contribution < 1.29 is 14.7 Å². The monoisotopic (exact) mass is 273 g/mol. The van der Waals surface area contributed by atoms with Crippen LogP contribution >= 0.6 is 0 Å². The number of carbonyl (C=O) groups is 2. The Hall–Kier alpha value is -2.37. The van der Waals surface area contributed by atoms with Crippen LogP contribution in [0.3, 0.4) is 0 Å². The SMILES string of the molecule is CCn1c(NC(=O)C2CC2C(=O)O)nc2ccccc21. The van der Waals surface area contributed by atoms with E-state index in [1.807, 2.05) is 35.8 Å². The Morgan fingerprint density at radius 3 is 2.80 bits per heavy atom. The number of hydrogen-bond acceptors (Lipinski definition) is 3. The van der Waals surface area contributed by atoms with Gasteiger partial charge in [-0.3, -0.25) is 14.9 Å². The van der Waals surface area contributed by atoms with Gasteiger partial charge in [-0.2, -0.15) is 0 Å². The van der Waals surface area contributed by atoms with Crippen molar-refractivity contribution in [2.45, 2.75) is 19.9 Å². The van der Waals surface area contributed by atoms with Gasteiger partial charge in [0, 0.05) is 6.54 Å². The average Bonchev–Trinajstić information content (AvgIpc) is 3.15. The molecule has 2 aromatic rings. The van der Waals surface area contributed by atoms with Crippen LogP contribution in [0.1, 0.15) is 13.3 Å². The van der Waals surface area contributed by atoms with Crippen LogP contribution in [-0.4, -0.2) is 26.5 Å². The lowest BCUT2D eigenvalue weighted by Crippen LogP contribution is -2.19. The summed E-state index contributed by atoms with van der Waals surface area (Å²) < 4.78 is 1.91. The minimum atomic E-state index is -0.908. The Morgan fingerprint density at radius 2 is 2.15 bits per heavy atom. The van der Waals surface area contributed by atoms with Gasteiger partial charge in [0.15, 0.2) is 0 Å². The number of hydrogen-bond donors (Lipinski definition) is 2. The zero-order valence-corrected chi connectivity index (χ0v) is 11.0. The van der Waals surface area contributed by atoms with Crippen molar-refractivity contribution in [3.05, 3.63) is 24.3 Å². The summed E-state index contributed by atoms with van der Waals surface area (Å²) in [6, 6.07) is 7.64. The molecule has 2 unspecified atom stereocenters. The summed E-state index contributed by atoms with van der Waals surface area (Å²) in [4.78, 5) is 27.2. The van der Waals surface area contributed by atoms with Crippen LogP contribution in [0.4, 0.5) is 5.95 Å². The Kier molecular flexibility index (Phi) is 2.93. The first-order chi connectivity index (χ1) is 9.61. The first-order valence-corrected chi connectivity index (χ1v) is 6.60. The standard InChI is InChI=1S/C14H15N3O3/c1-2-17-11-6-4-3-5-10(11)15-14(17)16-12(18)8-7-9(8)13(19)20/h3-6,8-9H,2,7H2,1H3,(H,19,20)(H,15,16,18). The van der Waals surface area contributed by atoms with Crippen molar-refractivity contribution in [2.75, 3.05) is 5.32 Å². The van der Waals surface area contributed by atoms with Gasteiger partial charge >= 0.3 is 5.97 Å².